The fourth-order valence-electron chi connectivity index (χ4n) is 2.06. The SMILES string of the molecule is CCCC(=O)NC1=NN(c2ccccc2)C(C)C1. The zero-order chi connectivity index (χ0) is 13.0. The monoisotopic (exact) mass is 245 g/mol. The van der Waals surface area contributed by atoms with Gasteiger partial charge in [0.2, 0.25) is 5.91 Å². The number of carbonyl (C=O) groups is 1. The Hall–Kier alpha value is -1.84. The van der Waals surface area contributed by atoms with Crippen molar-refractivity contribution in [3.63, 3.8) is 0 Å². The number of rotatable bonds is 3. The van der Waals surface area contributed by atoms with Crippen LogP contribution in [0.2, 0.25) is 0 Å². The average molecular weight is 245 g/mol. The molecule has 1 aromatic carbocycles. The summed E-state index contributed by atoms with van der Waals surface area (Å²) >= 11 is 0. The molecular weight excluding hydrogens is 226 g/mol. The number of amides is 1. The number of hydrogen-bond donors (Lipinski definition) is 1. The van der Waals surface area contributed by atoms with Gasteiger partial charge in [-0.2, -0.15) is 5.10 Å². The first-order valence-electron chi connectivity index (χ1n) is 6.42. The summed E-state index contributed by atoms with van der Waals surface area (Å²) in [6.45, 7) is 4.10. The first-order valence-corrected chi connectivity index (χ1v) is 6.42. The Morgan fingerprint density at radius 2 is 2.17 bits per heavy atom. The first kappa shape index (κ1) is 12.6. The highest BCUT2D eigenvalue weighted by Gasteiger charge is 2.24. The summed E-state index contributed by atoms with van der Waals surface area (Å²) in [4.78, 5) is 11.5. The molecular formula is C14H19N3O. The van der Waals surface area contributed by atoms with E-state index in [2.05, 4.69) is 17.3 Å². The van der Waals surface area contributed by atoms with Gasteiger partial charge in [-0.15, -0.1) is 0 Å². The van der Waals surface area contributed by atoms with Crippen LogP contribution in [-0.4, -0.2) is 17.8 Å². The summed E-state index contributed by atoms with van der Waals surface area (Å²) in [6, 6.07) is 10.3. The predicted molar refractivity (Wildman–Crippen MR) is 73.5 cm³/mol. The molecule has 96 valence electrons. The summed E-state index contributed by atoms with van der Waals surface area (Å²) in [5.74, 6) is 0.822. The summed E-state index contributed by atoms with van der Waals surface area (Å²) < 4.78 is 0. The third-order valence-corrected chi connectivity index (χ3v) is 2.92. The third kappa shape index (κ3) is 2.88. The van der Waals surface area contributed by atoms with Crippen LogP contribution in [0, 0.1) is 0 Å². The minimum Gasteiger partial charge on any atom is -0.313 e. The van der Waals surface area contributed by atoms with Crippen molar-refractivity contribution >= 4 is 17.4 Å². The van der Waals surface area contributed by atoms with Crippen LogP contribution in [-0.2, 0) is 4.79 Å². The first-order chi connectivity index (χ1) is 8.70. The molecule has 2 rings (SSSR count). The van der Waals surface area contributed by atoms with Gasteiger partial charge in [-0.1, -0.05) is 25.1 Å². The van der Waals surface area contributed by atoms with Crippen molar-refractivity contribution in [1.82, 2.24) is 5.32 Å². The Morgan fingerprint density at radius 1 is 1.44 bits per heavy atom. The van der Waals surface area contributed by atoms with Crippen LogP contribution >= 0.6 is 0 Å². The van der Waals surface area contributed by atoms with Crippen molar-refractivity contribution in [3.05, 3.63) is 30.3 Å². The molecule has 0 aliphatic carbocycles. The average Bonchev–Trinajstić information content (AvgIpc) is 2.71. The molecule has 1 amide bonds. The lowest BCUT2D eigenvalue weighted by Crippen LogP contribution is -2.29. The second-order valence-electron chi connectivity index (χ2n) is 4.58. The Bertz CT molecular complexity index is 442. The van der Waals surface area contributed by atoms with Crippen LogP contribution in [0.1, 0.15) is 33.1 Å². The Morgan fingerprint density at radius 3 is 2.83 bits per heavy atom. The molecule has 1 aliphatic heterocycles. The van der Waals surface area contributed by atoms with Crippen LogP contribution in [0.5, 0.6) is 0 Å². The van der Waals surface area contributed by atoms with E-state index >= 15 is 0 Å². The van der Waals surface area contributed by atoms with Crippen LogP contribution in [0.4, 0.5) is 5.69 Å². The second kappa shape index (κ2) is 5.67. The molecule has 1 heterocycles. The van der Waals surface area contributed by atoms with Crippen LogP contribution < -0.4 is 10.3 Å². The molecule has 0 saturated carbocycles. The molecule has 0 fully saturated rings. The number of hydrazone groups is 1. The molecule has 0 aromatic heterocycles. The van der Waals surface area contributed by atoms with Crippen molar-refractivity contribution in [2.24, 2.45) is 5.10 Å². The van der Waals surface area contributed by atoms with E-state index in [1.807, 2.05) is 42.3 Å². The second-order valence-corrected chi connectivity index (χ2v) is 4.58. The fraction of sp³-hybridized carbons (Fsp3) is 0.429. The zero-order valence-electron chi connectivity index (χ0n) is 10.9. The molecule has 0 spiro atoms. The standard InChI is InChI=1S/C14H19N3O/c1-3-7-14(18)15-13-10-11(2)17(16-13)12-8-5-4-6-9-12/h4-6,8-9,11H,3,7,10H2,1-2H3,(H,15,16,18). The number of benzene rings is 1. The zero-order valence-corrected chi connectivity index (χ0v) is 10.9. The molecule has 1 aromatic rings. The van der Waals surface area contributed by atoms with Gasteiger partial charge >= 0.3 is 0 Å². The van der Waals surface area contributed by atoms with Crippen molar-refractivity contribution < 1.29 is 4.79 Å². The van der Waals surface area contributed by atoms with E-state index in [0.717, 1.165) is 24.4 Å². The minimum atomic E-state index is 0.0540. The predicted octanol–water partition coefficient (Wildman–Crippen LogP) is 2.52. The van der Waals surface area contributed by atoms with Gasteiger partial charge in [-0.05, 0) is 25.5 Å². The largest absolute Gasteiger partial charge is 0.313 e. The highest BCUT2D eigenvalue weighted by atomic mass is 16.1. The van der Waals surface area contributed by atoms with E-state index in [4.69, 9.17) is 0 Å². The third-order valence-electron chi connectivity index (χ3n) is 2.92. The lowest BCUT2D eigenvalue weighted by Gasteiger charge is -2.19. The quantitative estimate of drug-likeness (QED) is 0.889. The minimum absolute atomic E-state index is 0.0540. The van der Waals surface area contributed by atoms with E-state index < -0.39 is 0 Å². The van der Waals surface area contributed by atoms with E-state index in [0.29, 0.717) is 6.42 Å². The lowest BCUT2D eigenvalue weighted by molar-refractivity contribution is -0.119. The molecule has 0 saturated heterocycles. The molecule has 1 N–H and O–H groups in total. The number of nitrogens with zero attached hydrogens (tertiary/aromatic N) is 2. The van der Waals surface area contributed by atoms with E-state index in [1.165, 1.54) is 0 Å². The normalized spacial score (nSPS) is 18.7. The van der Waals surface area contributed by atoms with Gasteiger partial charge in [0.15, 0.2) is 0 Å². The maximum absolute atomic E-state index is 11.5. The van der Waals surface area contributed by atoms with Gasteiger partial charge < -0.3 is 5.32 Å². The number of para-hydroxylation sites is 1. The number of anilines is 1. The number of hydrogen-bond acceptors (Lipinski definition) is 3. The lowest BCUT2D eigenvalue weighted by atomic mass is 10.2. The number of amidine groups is 1. The molecule has 0 bridgehead atoms. The molecule has 4 nitrogen and oxygen atoms in total. The molecule has 18 heavy (non-hydrogen) atoms. The van der Waals surface area contributed by atoms with E-state index in [9.17, 15) is 4.79 Å². The van der Waals surface area contributed by atoms with Gasteiger partial charge in [0.1, 0.15) is 5.84 Å². The smallest absolute Gasteiger partial charge is 0.225 e. The Kier molecular flexibility index (Phi) is 3.97. The summed E-state index contributed by atoms with van der Waals surface area (Å²) in [6.07, 6.45) is 2.19. The maximum Gasteiger partial charge on any atom is 0.225 e. The van der Waals surface area contributed by atoms with Gasteiger partial charge in [0.05, 0.1) is 11.7 Å². The number of carbonyl (C=O) groups excluding carboxylic acids is 1. The van der Waals surface area contributed by atoms with Crippen molar-refractivity contribution in [1.29, 1.82) is 0 Å². The van der Waals surface area contributed by atoms with E-state index in [1.54, 1.807) is 0 Å². The molecule has 0 radical (unpaired) electrons. The maximum atomic E-state index is 11.5. The molecule has 1 unspecified atom stereocenters. The van der Waals surface area contributed by atoms with Crippen molar-refractivity contribution in [3.8, 4) is 0 Å². The molecule has 4 heteroatoms. The summed E-state index contributed by atoms with van der Waals surface area (Å²) in [5, 5.41) is 9.32. The number of nitrogens with one attached hydrogen (secondary N) is 1. The summed E-state index contributed by atoms with van der Waals surface area (Å²) in [5.41, 5.74) is 1.06. The highest BCUT2D eigenvalue weighted by molar-refractivity contribution is 6.00. The van der Waals surface area contributed by atoms with Crippen molar-refractivity contribution in [2.75, 3.05) is 5.01 Å². The Labute approximate surface area is 108 Å². The van der Waals surface area contributed by atoms with E-state index in [-0.39, 0.29) is 11.9 Å². The van der Waals surface area contributed by atoms with Crippen LogP contribution in [0.3, 0.4) is 0 Å². The van der Waals surface area contributed by atoms with Gasteiger partial charge in [0.25, 0.3) is 0 Å². The topological polar surface area (TPSA) is 44.7 Å². The molecule has 1 atom stereocenters. The fourth-order valence-corrected chi connectivity index (χ4v) is 2.06. The highest BCUT2D eigenvalue weighted by Crippen LogP contribution is 2.23. The van der Waals surface area contributed by atoms with Gasteiger partial charge in [0, 0.05) is 12.8 Å². The summed E-state index contributed by atoms with van der Waals surface area (Å²) in [7, 11) is 0. The van der Waals surface area contributed by atoms with Crippen molar-refractivity contribution in [2.45, 2.75) is 39.2 Å². The molecule has 1 aliphatic rings. The van der Waals surface area contributed by atoms with Gasteiger partial charge in [-0.25, -0.2) is 0 Å². The van der Waals surface area contributed by atoms with Crippen LogP contribution in [0.25, 0.3) is 0 Å². The van der Waals surface area contributed by atoms with Gasteiger partial charge in [-0.3, -0.25) is 9.80 Å². The van der Waals surface area contributed by atoms with Crippen LogP contribution in [0.15, 0.2) is 35.4 Å². The Balaban J connectivity index is 2.06.